The fourth-order valence-corrected chi connectivity index (χ4v) is 6.13. The molecule has 0 saturated carbocycles. The minimum Gasteiger partial charge on any atom is -0.492 e. The quantitative estimate of drug-likeness (QED) is 0.461. The molecule has 6 nitrogen and oxygen atoms in total. The van der Waals surface area contributed by atoms with Gasteiger partial charge in [-0.25, -0.2) is 0 Å². The molecule has 0 amide bonds. The van der Waals surface area contributed by atoms with Crippen molar-refractivity contribution < 1.29 is 24.2 Å². The van der Waals surface area contributed by atoms with E-state index in [0.717, 1.165) is 23.4 Å². The Hall–Kier alpha value is -2.60. The molecule has 3 aliphatic rings. The lowest BCUT2D eigenvalue weighted by molar-refractivity contribution is -0.137. The van der Waals surface area contributed by atoms with E-state index in [1.54, 1.807) is 0 Å². The number of aliphatic carboxylic acids is 1. The van der Waals surface area contributed by atoms with Crippen molar-refractivity contribution in [2.75, 3.05) is 13.2 Å². The van der Waals surface area contributed by atoms with Crippen LogP contribution in [0.5, 0.6) is 5.75 Å². The van der Waals surface area contributed by atoms with Crippen molar-refractivity contribution >= 4 is 29.1 Å². The SMILES string of the molecule is CCCOc1ccc(C2C3=C(CC(C)(C)CC3=O)N(CCC(=O)O)C3=C2C(=O)CC(C)(C)C3)cc1Cl. The second-order valence-corrected chi connectivity index (χ2v) is 12.3. The third-order valence-electron chi connectivity index (χ3n) is 7.32. The predicted octanol–water partition coefficient (Wildman–Crippen LogP) is 6.29. The molecule has 0 bridgehead atoms. The summed E-state index contributed by atoms with van der Waals surface area (Å²) < 4.78 is 5.76. The Morgan fingerprint density at radius 3 is 2.06 bits per heavy atom. The molecule has 7 heteroatoms. The second-order valence-electron chi connectivity index (χ2n) is 11.9. The lowest BCUT2D eigenvalue weighted by atomic mass is 9.63. The van der Waals surface area contributed by atoms with Gasteiger partial charge in [0.25, 0.3) is 0 Å². The molecular weight excluding hydrogens is 478 g/mol. The van der Waals surface area contributed by atoms with Crippen molar-refractivity contribution in [3.63, 3.8) is 0 Å². The number of carbonyl (C=O) groups excluding carboxylic acids is 2. The molecule has 2 aliphatic carbocycles. The fourth-order valence-electron chi connectivity index (χ4n) is 5.88. The molecule has 1 aromatic rings. The summed E-state index contributed by atoms with van der Waals surface area (Å²) in [6.45, 7) is 11.1. The van der Waals surface area contributed by atoms with E-state index in [2.05, 4.69) is 27.7 Å². The van der Waals surface area contributed by atoms with E-state index in [-0.39, 0.29) is 35.4 Å². The average molecular weight is 514 g/mol. The summed E-state index contributed by atoms with van der Waals surface area (Å²) in [5.74, 6) is -0.812. The van der Waals surface area contributed by atoms with Crippen molar-refractivity contribution in [1.82, 2.24) is 4.90 Å². The zero-order valence-electron chi connectivity index (χ0n) is 21.9. The van der Waals surface area contributed by atoms with Crippen LogP contribution in [0.1, 0.15) is 84.6 Å². The molecule has 0 atom stereocenters. The maximum atomic E-state index is 13.7. The Morgan fingerprint density at radius 1 is 1.03 bits per heavy atom. The molecule has 0 spiro atoms. The number of rotatable bonds is 7. The van der Waals surface area contributed by atoms with Gasteiger partial charge in [0.15, 0.2) is 11.6 Å². The molecule has 0 unspecified atom stereocenters. The van der Waals surface area contributed by atoms with Crippen LogP contribution in [-0.2, 0) is 14.4 Å². The number of ether oxygens (including phenoxy) is 1. The van der Waals surface area contributed by atoms with Crippen LogP contribution in [0.4, 0.5) is 0 Å². The van der Waals surface area contributed by atoms with E-state index in [0.29, 0.717) is 54.2 Å². The van der Waals surface area contributed by atoms with Crippen LogP contribution in [0.15, 0.2) is 40.7 Å². The number of carbonyl (C=O) groups is 3. The van der Waals surface area contributed by atoms with Gasteiger partial charge in [-0.05, 0) is 47.8 Å². The first kappa shape index (κ1) is 26.5. The number of Topliss-reactive ketones (excluding diaryl/α,β-unsaturated/α-hetero) is 2. The van der Waals surface area contributed by atoms with Crippen molar-refractivity contribution in [3.05, 3.63) is 51.3 Å². The Labute approximate surface area is 218 Å². The fraction of sp³-hybridized carbons (Fsp3) is 0.552. The van der Waals surface area contributed by atoms with E-state index in [1.165, 1.54) is 0 Å². The highest BCUT2D eigenvalue weighted by molar-refractivity contribution is 6.32. The summed E-state index contributed by atoms with van der Waals surface area (Å²) in [4.78, 5) is 41.0. The molecule has 1 aliphatic heterocycles. The second kappa shape index (κ2) is 9.70. The van der Waals surface area contributed by atoms with Crippen LogP contribution in [-0.4, -0.2) is 40.7 Å². The van der Waals surface area contributed by atoms with Crippen molar-refractivity contribution in [3.8, 4) is 5.75 Å². The minimum absolute atomic E-state index is 0.0122. The average Bonchev–Trinajstić information content (AvgIpc) is 2.74. The number of hydrogen-bond acceptors (Lipinski definition) is 5. The van der Waals surface area contributed by atoms with E-state index in [4.69, 9.17) is 16.3 Å². The van der Waals surface area contributed by atoms with Gasteiger partial charge in [-0.3, -0.25) is 14.4 Å². The summed E-state index contributed by atoms with van der Waals surface area (Å²) >= 11 is 6.61. The lowest BCUT2D eigenvalue weighted by Crippen LogP contribution is -2.45. The molecule has 0 fully saturated rings. The Balaban J connectivity index is 1.93. The van der Waals surface area contributed by atoms with Gasteiger partial charge in [-0.2, -0.15) is 0 Å². The Kier molecular flexibility index (Phi) is 7.13. The number of carboxylic acids is 1. The Bertz CT molecular complexity index is 1120. The summed E-state index contributed by atoms with van der Waals surface area (Å²) in [6, 6.07) is 5.54. The van der Waals surface area contributed by atoms with Crippen LogP contribution >= 0.6 is 11.6 Å². The van der Waals surface area contributed by atoms with Gasteiger partial charge in [-0.15, -0.1) is 0 Å². The van der Waals surface area contributed by atoms with Crippen LogP contribution in [0, 0.1) is 10.8 Å². The van der Waals surface area contributed by atoms with E-state index in [1.807, 2.05) is 30.0 Å². The minimum atomic E-state index is -0.904. The van der Waals surface area contributed by atoms with Gasteiger partial charge in [0.1, 0.15) is 5.75 Å². The third-order valence-corrected chi connectivity index (χ3v) is 7.62. The number of halogens is 1. The standard InChI is InChI=1S/C29H36ClNO5/c1-6-11-36-23-8-7-17(12-18(23)30)25-26-19(13-28(2,3)15-21(26)32)31(10-9-24(34)35)20-14-29(4,5)16-22(33)27(20)25/h7-8,12,25H,6,9-11,13-16H2,1-5H3,(H,34,35). The van der Waals surface area contributed by atoms with Gasteiger partial charge in [0, 0.05) is 47.8 Å². The zero-order valence-corrected chi connectivity index (χ0v) is 22.6. The van der Waals surface area contributed by atoms with Crippen LogP contribution < -0.4 is 4.74 Å². The van der Waals surface area contributed by atoms with Gasteiger partial charge < -0.3 is 14.7 Å². The maximum Gasteiger partial charge on any atom is 0.305 e. The van der Waals surface area contributed by atoms with Gasteiger partial charge in [0.2, 0.25) is 0 Å². The van der Waals surface area contributed by atoms with Crippen LogP contribution in [0.25, 0.3) is 0 Å². The Morgan fingerprint density at radius 2 is 1.58 bits per heavy atom. The molecule has 0 saturated heterocycles. The number of nitrogens with zero attached hydrogens (tertiary/aromatic N) is 1. The van der Waals surface area contributed by atoms with Crippen molar-refractivity contribution in [1.29, 1.82) is 0 Å². The first-order valence-electron chi connectivity index (χ1n) is 12.8. The highest BCUT2D eigenvalue weighted by Crippen LogP contribution is 2.54. The smallest absolute Gasteiger partial charge is 0.305 e. The lowest BCUT2D eigenvalue weighted by Gasteiger charge is -2.49. The molecule has 1 heterocycles. The largest absolute Gasteiger partial charge is 0.492 e. The molecular formula is C29H36ClNO5. The normalized spacial score (nSPS) is 21.4. The summed E-state index contributed by atoms with van der Waals surface area (Å²) in [5.41, 5.74) is 3.22. The molecule has 194 valence electrons. The monoisotopic (exact) mass is 513 g/mol. The number of carboxylic acid groups (broad SMARTS) is 1. The van der Waals surface area contributed by atoms with E-state index >= 15 is 0 Å². The molecule has 4 rings (SSSR count). The zero-order chi connectivity index (χ0) is 26.4. The number of ketones is 2. The highest BCUT2D eigenvalue weighted by Gasteiger charge is 2.49. The first-order chi connectivity index (χ1) is 16.8. The summed E-state index contributed by atoms with van der Waals surface area (Å²) in [5, 5.41) is 9.92. The van der Waals surface area contributed by atoms with Crippen molar-refractivity contribution in [2.45, 2.75) is 79.1 Å². The van der Waals surface area contributed by atoms with Crippen LogP contribution in [0.2, 0.25) is 5.02 Å². The predicted molar refractivity (Wildman–Crippen MR) is 139 cm³/mol. The highest BCUT2D eigenvalue weighted by atomic mass is 35.5. The first-order valence-corrected chi connectivity index (χ1v) is 13.2. The summed E-state index contributed by atoms with van der Waals surface area (Å²) in [7, 11) is 0. The molecule has 1 aromatic carbocycles. The number of allylic oxidation sites excluding steroid dienone is 4. The van der Waals surface area contributed by atoms with Gasteiger partial charge >= 0.3 is 5.97 Å². The van der Waals surface area contributed by atoms with Gasteiger partial charge in [0.05, 0.1) is 18.1 Å². The topological polar surface area (TPSA) is 83.9 Å². The number of hydrogen-bond donors (Lipinski definition) is 1. The molecule has 0 radical (unpaired) electrons. The van der Waals surface area contributed by atoms with Gasteiger partial charge in [-0.1, -0.05) is 52.3 Å². The summed E-state index contributed by atoms with van der Waals surface area (Å²) in [6.07, 6.45) is 2.82. The number of benzene rings is 1. The third kappa shape index (κ3) is 5.10. The van der Waals surface area contributed by atoms with Crippen molar-refractivity contribution in [2.24, 2.45) is 10.8 Å². The van der Waals surface area contributed by atoms with E-state index in [9.17, 15) is 19.5 Å². The molecule has 36 heavy (non-hydrogen) atoms. The maximum absolute atomic E-state index is 13.7. The van der Waals surface area contributed by atoms with Crippen LogP contribution in [0.3, 0.4) is 0 Å². The molecule has 1 N–H and O–H groups in total. The van der Waals surface area contributed by atoms with E-state index < -0.39 is 11.9 Å². The molecule has 0 aromatic heterocycles.